The number of halogens is 2. The molecule has 1 amide bonds. The number of nitrogens with one attached hydrogen (secondary N) is 2. The molecule has 0 aliphatic carbocycles. The lowest BCUT2D eigenvalue weighted by Gasteiger charge is -2.19. The zero-order valence-electron chi connectivity index (χ0n) is 20.3. The van der Waals surface area contributed by atoms with E-state index in [1.165, 1.54) is 13.0 Å². The van der Waals surface area contributed by atoms with Crippen molar-refractivity contribution in [1.29, 1.82) is 0 Å². The van der Waals surface area contributed by atoms with Crippen LogP contribution in [0.5, 0.6) is 0 Å². The van der Waals surface area contributed by atoms with Gasteiger partial charge in [-0.1, -0.05) is 19.1 Å². The van der Waals surface area contributed by atoms with E-state index in [2.05, 4.69) is 10.6 Å². The Balaban J connectivity index is 2.10. The van der Waals surface area contributed by atoms with Crippen LogP contribution in [0.4, 0.5) is 21.5 Å². The number of benzene rings is 2. The predicted octanol–water partition coefficient (Wildman–Crippen LogP) is 6.09. The van der Waals surface area contributed by atoms with E-state index < -0.39 is 11.4 Å². The third-order valence-electron chi connectivity index (χ3n) is 5.92. The minimum Gasteiger partial charge on any atom is -0.421 e. The van der Waals surface area contributed by atoms with Gasteiger partial charge in [-0.3, -0.25) is 9.59 Å². The number of amides is 1. The van der Waals surface area contributed by atoms with Gasteiger partial charge in [0.2, 0.25) is 5.91 Å². The van der Waals surface area contributed by atoms with Crippen LogP contribution < -0.4 is 21.8 Å². The van der Waals surface area contributed by atoms with Gasteiger partial charge in [0.05, 0.1) is 16.9 Å². The molecule has 36 heavy (non-hydrogen) atoms. The first-order valence-electron chi connectivity index (χ1n) is 11.4. The van der Waals surface area contributed by atoms with Crippen molar-refractivity contribution in [2.24, 2.45) is 0 Å². The Bertz CT molecular complexity index is 1620. The van der Waals surface area contributed by atoms with Gasteiger partial charge >= 0.3 is 5.63 Å². The fourth-order valence-electron chi connectivity index (χ4n) is 4.26. The molecule has 4 rings (SSSR count). The summed E-state index contributed by atoms with van der Waals surface area (Å²) in [5.41, 5.74) is 2.03. The molecule has 2 aromatic carbocycles. The molecule has 4 aromatic rings. The van der Waals surface area contributed by atoms with E-state index in [-0.39, 0.29) is 39.4 Å². The number of hydrogen-bond donors (Lipinski definition) is 2. The van der Waals surface area contributed by atoms with Gasteiger partial charge in [-0.05, 0) is 78.8 Å². The molecule has 0 atom stereocenters. The number of pyridine rings is 1. The quantitative estimate of drug-likeness (QED) is 0.261. The van der Waals surface area contributed by atoms with Crippen LogP contribution in [0.2, 0.25) is 0 Å². The number of anilines is 3. The summed E-state index contributed by atoms with van der Waals surface area (Å²) in [7, 11) is 0. The van der Waals surface area contributed by atoms with Gasteiger partial charge in [0, 0.05) is 34.0 Å². The Morgan fingerprint density at radius 2 is 1.89 bits per heavy atom. The lowest BCUT2D eigenvalue weighted by atomic mass is 9.99. The highest BCUT2D eigenvalue weighted by Crippen LogP contribution is 2.36. The molecule has 0 bridgehead atoms. The number of carbonyl (C=O) groups is 1. The van der Waals surface area contributed by atoms with Crippen LogP contribution in [0.3, 0.4) is 0 Å². The van der Waals surface area contributed by atoms with Gasteiger partial charge in [0.25, 0.3) is 5.56 Å². The van der Waals surface area contributed by atoms with Crippen molar-refractivity contribution in [2.45, 2.75) is 40.7 Å². The van der Waals surface area contributed by atoms with E-state index in [0.717, 1.165) is 0 Å². The van der Waals surface area contributed by atoms with Crippen LogP contribution in [0.25, 0.3) is 22.1 Å². The first-order chi connectivity index (χ1) is 17.1. The van der Waals surface area contributed by atoms with Crippen molar-refractivity contribution in [3.8, 4) is 11.1 Å². The van der Waals surface area contributed by atoms with Crippen molar-refractivity contribution >= 4 is 56.5 Å². The maximum atomic E-state index is 14.7. The summed E-state index contributed by atoms with van der Waals surface area (Å²) in [5, 5.41) is 5.90. The highest BCUT2D eigenvalue weighted by Gasteiger charge is 2.24. The van der Waals surface area contributed by atoms with E-state index in [9.17, 15) is 18.8 Å². The maximum Gasteiger partial charge on any atom is 0.341 e. The Morgan fingerprint density at radius 3 is 2.56 bits per heavy atom. The molecule has 2 N–H and O–H groups in total. The van der Waals surface area contributed by atoms with E-state index in [1.54, 1.807) is 48.7 Å². The zero-order chi connectivity index (χ0) is 26.1. The molecule has 2 aromatic heterocycles. The van der Waals surface area contributed by atoms with Crippen LogP contribution >= 0.6 is 22.6 Å². The molecule has 0 unspecified atom stereocenters. The second-order valence-electron chi connectivity index (χ2n) is 8.52. The lowest BCUT2D eigenvalue weighted by Crippen LogP contribution is -2.25. The first-order valence-corrected chi connectivity index (χ1v) is 12.5. The van der Waals surface area contributed by atoms with Crippen LogP contribution in [-0.4, -0.2) is 10.5 Å². The summed E-state index contributed by atoms with van der Waals surface area (Å²) >= 11 is 2.01. The number of carbonyl (C=O) groups excluding carboxylic acids is 1. The summed E-state index contributed by atoms with van der Waals surface area (Å²) in [6.07, 6.45) is 0.696. The number of fused-ring (bicyclic) bond motifs is 1. The third-order valence-corrected chi connectivity index (χ3v) is 6.59. The van der Waals surface area contributed by atoms with E-state index in [1.807, 2.05) is 35.6 Å². The normalized spacial score (nSPS) is 11.1. The SMILES string of the molecule is CCCn1c(C)c(-c2cccc(NC(C)=O)c2)c2oc(=O)c(C)c(Nc3ccc(I)cc3F)c2c1=O. The average molecular weight is 601 g/mol. The summed E-state index contributed by atoms with van der Waals surface area (Å²) < 4.78 is 22.8. The van der Waals surface area contributed by atoms with Crippen LogP contribution in [0, 0.1) is 23.2 Å². The van der Waals surface area contributed by atoms with Crippen molar-refractivity contribution < 1.29 is 13.6 Å². The molecule has 0 saturated carbocycles. The van der Waals surface area contributed by atoms with Gasteiger partial charge in [0.15, 0.2) is 5.58 Å². The Morgan fingerprint density at radius 1 is 1.14 bits per heavy atom. The molecule has 186 valence electrons. The molecule has 0 radical (unpaired) electrons. The summed E-state index contributed by atoms with van der Waals surface area (Å²) in [5.74, 6) is -0.732. The maximum absolute atomic E-state index is 14.7. The molecule has 0 aliphatic heterocycles. The largest absolute Gasteiger partial charge is 0.421 e. The Hall–Kier alpha value is -3.47. The van der Waals surface area contributed by atoms with Crippen LogP contribution in [0.15, 0.2) is 56.5 Å². The molecule has 0 saturated heterocycles. The minimum atomic E-state index is -0.637. The fraction of sp³-hybridized carbons (Fsp3) is 0.222. The summed E-state index contributed by atoms with van der Waals surface area (Å²) in [6.45, 7) is 7.15. The highest BCUT2D eigenvalue weighted by molar-refractivity contribution is 14.1. The number of aromatic nitrogens is 1. The predicted molar refractivity (Wildman–Crippen MR) is 149 cm³/mol. The van der Waals surface area contributed by atoms with Gasteiger partial charge < -0.3 is 19.6 Å². The molecule has 0 spiro atoms. The third kappa shape index (κ3) is 4.79. The Labute approximate surface area is 220 Å². The highest BCUT2D eigenvalue weighted by atomic mass is 127. The molecule has 9 heteroatoms. The van der Waals surface area contributed by atoms with Crippen molar-refractivity contribution in [2.75, 3.05) is 10.6 Å². The number of rotatable bonds is 6. The monoisotopic (exact) mass is 601 g/mol. The summed E-state index contributed by atoms with van der Waals surface area (Å²) in [6, 6.07) is 11.8. The zero-order valence-corrected chi connectivity index (χ0v) is 22.4. The van der Waals surface area contributed by atoms with Crippen LogP contribution in [-0.2, 0) is 11.3 Å². The van der Waals surface area contributed by atoms with Gasteiger partial charge in [-0.15, -0.1) is 0 Å². The lowest BCUT2D eigenvalue weighted by molar-refractivity contribution is -0.114. The second kappa shape index (κ2) is 10.3. The molecule has 0 fully saturated rings. The molecule has 7 nitrogen and oxygen atoms in total. The minimum absolute atomic E-state index is 0.105. The Kier molecular flexibility index (Phi) is 7.30. The summed E-state index contributed by atoms with van der Waals surface area (Å²) in [4.78, 5) is 38.3. The standard InChI is InChI=1S/C27H25FIN3O4/c1-5-11-32-15(3)22(17-7-6-8-19(12-17)30-16(4)33)25-23(26(32)34)24(14(2)27(35)36-25)31-21-10-9-18(29)13-20(21)28/h6-10,12-13,31H,5,11H2,1-4H3,(H,30,33). The van der Waals surface area contributed by atoms with Gasteiger partial charge in [-0.25, -0.2) is 9.18 Å². The van der Waals surface area contributed by atoms with Crippen molar-refractivity contribution in [3.63, 3.8) is 0 Å². The van der Waals surface area contributed by atoms with Crippen molar-refractivity contribution in [1.82, 2.24) is 4.57 Å². The molecular formula is C27H25FIN3O4. The molecule has 2 heterocycles. The first kappa shape index (κ1) is 25.6. The van der Waals surface area contributed by atoms with E-state index in [0.29, 0.717) is 39.0 Å². The van der Waals surface area contributed by atoms with Crippen LogP contribution in [0.1, 0.15) is 31.5 Å². The number of nitrogens with zero attached hydrogens (tertiary/aromatic N) is 1. The number of hydrogen-bond acceptors (Lipinski definition) is 5. The fourth-order valence-corrected chi connectivity index (χ4v) is 4.71. The average Bonchev–Trinajstić information content (AvgIpc) is 2.81. The smallest absolute Gasteiger partial charge is 0.341 e. The van der Waals surface area contributed by atoms with E-state index >= 15 is 0 Å². The second-order valence-corrected chi connectivity index (χ2v) is 9.77. The molecule has 0 aliphatic rings. The van der Waals surface area contributed by atoms with Gasteiger partial charge in [0.1, 0.15) is 11.2 Å². The van der Waals surface area contributed by atoms with Crippen molar-refractivity contribution in [3.05, 3.63) is 83.9 Å². The van der Waals surface area contributed by atoms with E-state index in [4.69, 9.17) is 4.42 Å². The molecular weight excluding hydrogens is 576 g/mol. The topological polar surface area (TPSA) is 93.3 Å². The van der Waals surface area contributed by atoms with Gasteiger partial charge in [-0.2, -0.15) is 0 Å².